The predicted octanol–water partition coefficient (Wildman–Crippen LogP) is 3.82. The Kier molecular flexibility index (Phi) is 3.55. The lowest BCUT2D eigenvalue weighted by atomic mass is 10.1. The van der Waals surface area contributed by atoms with Gasteiger partial charge in [0.15, 0.2) is 0 Å². The first-order valence-electron chi connectivity index (χ1n) is 7.02. The summed E-state index contributed by atoms with van der Waals surface area (Å²) in [5, 5.41) is 5.38. The van der Waals surface area contributed by atoms with E-state index in [9.17, 15) is 0 Å². The van der Waals surface area contributed by atoms with Gasteiger partial charge >= 0.3 is 0 Å². The van der Waals surface area contributed by atoms with Crippen LogP contribution in [0.5, 0.6) is 0 Å². The van der Waals surface area contributed by atoms with Crippen LogP contribution in [0.15, 0.2) is 41.2 Å². The van der Waals surface area contributed by atoms with Crippen LogP contribution in [0, 0.1) is 0 Å². The van der Waals surface area contributed by atoms with Gasteiger partial charge in [-0.3, -0.25) is 9.88 Å². The zero-order valence-electron chi connectivity index (χ0n) is 11.5. The highest BCUT2D eigenvalue weighted by Gasteiger charge is 2.18. The third kappa shape index (κ3) is 2.77. The number of rotatable bonds is 3. The van der Waals surface area contributed by atoms with Crippen molar-refractivity contribution in [3.05, 3.63) is 57.4 Å². The van der Waals surface area contributed by atoms with Gasteiger partial charge in [0.2, 0.25) is 0 Å². The Morgan fingerprint density at radius 1 is 1.19 bits per heavy atom. The van der Waals surface area contributed by atoms with E-state index in [1.165, 1.54) is 12.0 Å². The molecule has 0 saturated carbocycles. The molecule has 4 heterocycles. The van der Waals surface area contributed by atoms with Crippen molar-refractivity contribution in [3.63, 3.8) is 0 Å². The number of fused-ring (bicyclic) bond motifs is 1. The smallest absolute Gasteiger partial charge is 0.142 e. The highest BCUT2D eigenvalue weighted by Crippen LogP contribution is 2.26. The minimum absolute atomic E-state index is 0.929. The number of thiazole rings is 1. The average Bonchev–Trinajstić information content (AvgIpc) is 3.17. The van der Waals surface area contributed by atoms with Crippen molar-refractivity contribution in [2.45, 2.75) is 19.5 Å². The summed E-state index contributed by atoms with van der Waals surface area (Å²) in [6.07, 6.45) is 2.99. The fourth-order valence-electron chi connectivity index (χ4n) is 2.66. The van der Waals surface area contributed by atoms with Crippen LogP contribution in [0.4, 0.5) is 0 Å². The Morgan fingerprint density at radius 3 is 3.10 bits per heavy atom. The largest absolute Gasteiger partial charge is 0.293 e. The van der Waals surface area contributed by atoms with E-state index in [-0.39, 0.29) is 0 Å². The molecule has 0 bridgehead atoms. The number of thiophene rings is 1. The van der Waals surface area contributed by atoms with Gasteiger partial charge in [-0.25, -0.2) is 4.98 Å². The maximum Gasteiger partial charge on any atom is 0.142 e. The van der Waals surface area contributed by atoms with Crippen molar-refractivity contribution < 1.29 is 0 Å². The molecule has 0 aliphatic carbocycles. The molecule has 3 aromatic rings. The minimum atomic E-state index is 0.929. The second-order valence-corrected chi connectivity index (χ2v) is 7.05. The first kappa shape index (κ1) is 13.1. The molecule has 0 fully saturated rings. The lowest BCUT2D eigenvalue weighted by molar-refractivity contribution is 0.245. The van der Waals surface area contributed by atoms with Crippen molar-refractivity contribution in [1.82, 2.24) is 14.9 Å². The molecule has 0 unspecified atom stereocenters. The van der Waals surface area contributed by atoms with Crippen LogP contribution in [-0.2, 0) is 19.5 Å². The van der Waals surface area contributed by atoms with E-state index < -0.39 is 0 Å². The number of pyridine rings is 1. The molecule has 0 radical (unpaired) electrons. The first-order chi connectivity index (χ1) is 10.4. The van der Waals surface area contributed by atoms with E-state index >= 15 is 0 Å². The Labute approximate surface area is 131 Å². The Bertz CT molecular complexity index is 733. The number of nitrogens with zero attached hydrogens (tertiary/aromatic N) is 3. The molecule has 1 aliphatic heterocycles. The molecule has 3 nitrogen and oxygen atoms in total. The third-order valence-corrected chi connectivity index (χ3v) is 5.64. The maximum absolute atomic E-state index is 4.74. The minimum Gasteiger partial charge on any atom is -0.293 e. The molecule has 1 aliphatic rings. The maximum atomic E-state index is 4.74. The quantitative estimate of drug-likeness (QED) is 0.736. The van der Waals surface area contributed by atoms with Gasteiger partial charge in [0, 0.05) is 36.1 Å². The normalized spacial score (nSPS) is 15.0. The van der Waals surface area contributed by atoms with E-state index in [1.54, 1.807) is 16.2 Å². The lowest BCUT2D eigenvalue weighted by Gasteiger charge is -2.25. The van der Waals surface area contributed by atoms with E-state index in [4.69, 9.17) is 4.98 Å². The van der Waals surface area contributed by atoms with Crippen LogP contribution in [0.1, 0.15) is 16.1 Å². The van der Waals surface area contributed by atoms with Crippen molar-refractivity contribution >= 4 is 22.7 Å². The molecule has 0 spiro atoms. The van der Waals surface area contributed by atoms with Gasteiger partial charge in [-0.1, -0.05) is 6.07 Å². The van der Waals surface area contributed by atoms with Crippen LogP contribution in [-0.4, -0.2) is 21.4 Å². The summed E-state index contributed by atoms with van der Waals surface area (Å²) in [6.45, 7) is 3.11. The molecule has 106 valence electrons. The molecular weight excluding hydrogens is 298 g/mol. The molecule has 21 heavy (non-hydrogen) atoms. The molecule has 0 saturated heterocycles. The topological polar surface area (TPSA) is 29.0 Å². The van der Waals surface area contributed by atoms with E-state index in [1.807, 2.05) is 35.7 Å². The molecule has 0 amide bonds. The van der Waals surface area contributed by atoms with Crippen molar-refractivity contribution in [1.29, 1.82) is 0 Å². The molecule has 4 rings (SSSR count). The number of hydrogen-bond donors (Lipinski definition) is 0. The van der Waals surface area contributed by atoms with Crippen LogP contribution in [0.25, 0.3) is 10.7 Å². The monoisotopic (exact) mass is 313 g/mol. The highest BCUT2D eigenvalue weighted by atomic mass is 32.1. The molecule has 3 aromatic heterocycles. The van der Waals surface area contributed by atoms with Gasteiger partial charge in [0.05, 0.1) is 11.4 Å². The van der Waals surface area contributed by atoms with E-state index in [0.717, 1.165) is 36.0 Å². The summed E-state index contributed by atoms with van der Waals surface area (Å²) in [7, 11) is 0. The van der Waals surface area contributed by atoms with Gasteiger partial charge < -0.3 is 0 Å². The number of aromatic nitrogens is 2. The zero-order chi connectivity index (χ0) is 14.1. The van der Waals surface area contributed by atoms with Crippen LogP contribution in [0.3, 0.4) is 0 Å². The Hall–Kier alpha value is -1.56. The fourth-order valence-corrected chi connectivity index (χ4v) is 4.33. The summed E-state index contributed by atoms with van der Waals surface area (Å²) >= 11 is 3.57. The first-order valence-corrected chi connectivity index (χ1v) is 8.78. The average molecular weight is 313 g/mol. The van der Waals surface area contributed by atoms with Crippen molar-refractivity contribution in [2.75, 3.05) is 6.54 Å². The van der Waals surface area contributed by atoms with Gasteiger partial charge in [-0.2, -0.15) is 0 Å². The van der Waals surface area contributed by atoms with Gasteiger partial charge in [0.1, 0.15) is 5.01 Å². The third-order valence-electron chi connectivity index (χ3n) is 3.71. The van der Waals surface area contributed by atoms with Crippen molar-refractivity contribution in [2.24, 2.45) is 0 Å². The SMILES string of the molecule is c1ccc(-c2nc(CN3CCc4sccc4C3)cs2)nc1. The van der Waals surface area contributed by atoms with Gasteiger partial charge in [-0.15, -0.1) is 22.7 Å². The molecule has 0 aromatic carbocycles. The molecular formula is C16H15N3S2. The van der Waals surface area contributed by atoms with Crippen LogP contribution >= 0.6 is 22.7 Å². The molecule has 0 N–H and O–H groups in total. The second-order valence-electron chi connectivity index (χ2n) is 5.19. The molecule has 0 atom stereocenters. The van der Waals surface area contributed by atoms with E-state index in [2.05, 4.69) is 26.7 Å². The Morgan fingerprint density at radius 2 is 2.19 bits per heavy atom. The Balaban J connectivity index is 1.48. The van der Waals surface area contributed by atoms with Gasteiger partial charge in [0.25, 0.3) is 0 Å². The van der Waals surface area contributed by atoms with E-state index in [0.29, 0.717) is 0 Å². The summed E-state index contributed by atoms with van der Waals surface area (Å²) in [5.74, 6) is 0. The lowest BCUT2D eigenvalue weighted by Crippen LogP contribution is -2.29. The van der Waals surface area contributed by atoms with Crippen molar-refractivity contribution in [3.8, 4) is 10.7 Å². The second kappa shape index (κ2) is 5.67. The summed E-state index contributed by atoms with van der Waals surface area (Å²) in [6, 6.07) is 8.21. The predicted molar refractivity (Wildman–Crippen MR) is 87.5 cm³/mol. The van der Waals surface area contributed by atoms with Crippen LogP contribution < -0.4 is 0 Å². The summed E-state index contributed by atoms with van der Waals surface area (Å²) < 4.78 is 0. The zero-order valence-corrected chi connectivity index (χ0v) is 13.2. The standard InChI is InChI=1S/C16H15N3S2/c1-2-6-17-14(3-1)16-18-13(11-21-16)10-19-7-4-15-12(9-19)5-8-20-15/h1-3,5-6,8,11H,4,7,9-10H2. The van der Waals surface area contributed by atoms with Gasteiger partial charge in [-0.05, 0) is 35.6 Å². The van der Waals surface area contributed by atoms with Crippen LogP contribution in [0.2, 0.25) is 0 Å². The summed E-state index contributed by atoms with van der Waals surface area (Å²) in [5.41, 5.74) is 3.61. The fraction of sp³-hybridized carbons (Fsp3) is 0.250. The highest BCUT2D eigenvalue weighted by molar-refractivity contribution is 7.13. The summed E-state index contributed by atoms with van der Waals surface area (Å²) in [4.78, 5) is 13.1. The molecule has 5 heteroatoms. The number of hydrogen-bond acceptors (Lipinski definition) is 5.